The average molecular weight is 350 g/mol. The Labute approximate surface area is 141 Å². The summed E-state index contributed by atoms with van der Waals surface area (Å²) in [6.45, 7) is 1.74. The lowest BCUT2D eigenvalue weighted by Gasteiger charge is -2.06. The van der Waals surface area contributed by atoms with E-state index in [0.717, 1.165) is 5.16 Å². The van der Waals surface area contributed by atoms with Crippen LogP contribution in [0.15, 0.2) is 45.4 Å². The average Bonchev–Trinajstić information content (AvgIpc) is 3.10. The molecule has 0 saturated carbocycles. The first-order valence-electron chi connectivity index (χ1n) is 6.58. The van der Waals surface area contributed by atoms with Gasteiger partial charge in [0.15, 0.2) is 11.0 Å². The molecule has 0 unspecified atom stereocenters. The highest BCUT2D eigenvalue weighted by molar-refractivity contribution is 7.99. The standard InChI is InChI=1S/C14H12ClN5O2S/c1-8-5-11(19-22-8)18-12(21)9-6-10(15)13(17-7-9)23-14-16-3-4-20(14)2/h3-7H,1-2H3,(H,18,19,21). The molecule has 3 aromatic rings. The van der Waals surface area contributed by atoms with Gasteiger partial charge in [-0.15, -0.1) is 0 Å². The van der Waals surface area contributed by atoms with Crippen LogP contribution in [0.1, 0.15) is 16.1 Å². The molecule has 0 saturated heterocycles. The van der Waals surface area contributed by atoms with Crippen molar-refractivity contribution in [2.45, 2.75) is 17.1 Å². The number of pyridine rings is 1. The molecule has 1 amide bonds. The summed E-state index contributed by atoms with van der Waals surface area (Å²) in [5, 5.41) is 8.03. The second-order valence-electron chi connectivity index (χ2n) is 4.71. The molecule has 23 heavy (non-hydrogen) atoms. The minimum atomic E-state index is -0.360. The molecule has 0 aliphatic carbocycles. The van der Waals surface area contributed by atoms with Crippen molar-refractivity contribution in [1.82, 2.24) is 19.7 Å². The molecule has 0 radical (unpaired) electrons. The Balaban J connectivity index is 1.76. The number of nitrogens with one attached hydrogen (secondary N) is 1. The summed E-state index contributed by atoms with van der Waals surface area (Å²) < 4.78 is 6.75. The van der Waals surface area contributed by atoms with E-state index in [9.17, 15) is 4.79 Å². The van der Waals surface area contributed by atoms with Gasteiger partial charge in [-0.3, -0.25) is 4.79 Å². The van der Waals surface area contributed by atoms with Crippen LogP contribution in [0, 0.1) is 6.92 Å². The number of anilines is 1. The summed E-state index contributed by atoms with van der Waals surface area (Å²) >= 11 is 7.54. The van der Waals surface area contributed by atoms with E-state index in [1.165, 1.54) is 18.0 Å². The first kappa shape index (κ1) is 15.6. The molecule has 0 aliphatic rings. The zero-order chi connectivity index (χ0) is 16.4. The van der Waals surface area contributed by atoms with Gasteiger partial charge in [0.05, 0.1) is 10.6 Å². The summed E-state index contributed by atoms with van der Waals surface area (Å²) in [5.41, 5.74) is 0.333. The number of carbonyl (C=O) groups is 1. The van der Waals surface area contributed by atoms with Crippen LogP contribution in [0.3, 0.4) is 0 Å². The number of hydrogen-bond donors (Lipinski definition) is 1. The van der Waals surface area contributed by atoms with Crippen molar-refractivity contribution in [3.8, 4) is 0 Å². The first-order valence-corrected chi connectivity index (χ1v) is 7.78. The van der Waals surface area contributed by atoms with Gasteiger partial charge in [-0.05, 0) is 24.8 Å². The fourth-order valence-electron chi connectivity index (χ4n) is 1.78. The number of carbonyl (C=O) groups excluding carboxylic acids is 1. The van der Waals surface area contributed by atoms with E-state index in [1.54, 1.807) is 25.3 Å². The Morgan fingerprint density at radius 3 is 2.83 bits per heavy atom. The minimum Gasteiger partial charge on any atom is -0.360 e. The maximum atomic E-state index is 12.1. The van der Waals surface area contributed by atoms with Crippen molar-refractivity contribution in [2.24, 2.45) is 7.05 Å². The van der Waals surface area contributed by atoms with Crippen molar-refractivity contribution in [3.05, 3.63) is 47.1 Å². The number of imidazole rings is 1. The van der Waals surface area contributed by atoms with Crippen LogP contribution in [-0.2, 0) is 7.05 Å². The highest BCUT2D eigenvalue weighted by atomic mass is 35.5. The van der Waals surface area contributed by atoms with Gasteiger partial charge in [-0.1, -0.05) is 16.8 Å². The molecule has 0 spiro atoms. The number of amides is 1. The van der Waals surface area contributed by atoms with Crippen LogP contribution in [0.4, 0.5) is 5.82 Å². The quantitative estimate of drug-likeness (QED) is 0.778. The highest BCUT2D eigenvalue weighted by Crippen LogP contribution is 2.30. The van der Waals surface area contributed by atoms with Crippen LogP contribution in [-0.4, -0.2) is 25.6 Å². The molecule has 9 heteroatoms. The van der Waals surface area contributed by atoms with Crippen molar-refractivity contribution >= 4 is 35.1 Å². The van der Waals surface area contributed by atoms with Crippen molar-refractivity contribution in [2.75, 3.05) is 5.32 Å². The van der Waals surface area contributed by atoms with Crippen LogP contribution >= 0.6 is 23.4 Å². The van der Waals surface area contributed by atoms with Gasteiger partial charge in [0.2, 0.25) is 0 Å². The highest BCUT2D eigenvalue weighted by Gasteiger charge is 2.14. The Hall–Kier alpha value is -2.32. The molecule has 3 aromatic heterocycles. The molecule has 118 valence electrons. The smallest absolute Gasteiger partial charge is 0.258 e. The van der Waals surface area contributed by atoms with Gasteiger partial charge in [0.25, 0.3) is 5.91 Å². The molecule has 1 N–H and O–H groups in total. The minimum absolute atomic E-state index is 0.333. The predicted molar refractivity (Wildman–Crippen MR) is 85.8 cm³/mol. The van der Waals surface area contributed by atoms with Gasteiger partial charge in [-0.2, -0.15) is 0 Å². The third kappa shape index (κ3) is 3.54. The molecule has 7 nitrogen and oxygen atoms in total. The second-order valence-corrected chi connectivity index (χ2v) is 6.07. The molecular formula is C14H12ClN5O2S. The summed E-state index contributed by atoms with van der Waals surface area (Å²) in [7, 11) is 1.88. The maximum absolute atomic E-state index is 12.1. The fraction of sp³-hybridized carbons (Fsp3) is 0.143. The van der Waals surface area contributed by atoms with Crippen LogP contribution in [0.5, 0.6) is 0 Å². The summed E-state index contributed by atoms with van der Waals surface area (Å²) in [6, 6.07) is 3.18. The Kier molecular flexibility index (Phi) is 4.35. The van der Waals surface area contributed by atoms with E-state index in [1.807, 2.05) is 17.8 Å². The monoisotopic (exact) mass is 349 g/mol. The van der Waals surface area contributed by atoms with Gasteiger partial charge in [0, 0.05) is 31.7 Å². The summed E-state index contributed by atoms with van der Waals surface area (Å²) in [5.74, 6) is 0.592. The fourth-order valence-corrected chi connectivity index (χ4v) is 2.81. The Morgan fingerprint density at radius 2 is 2.22 bits per heavy atom. The molecular weight excluding hydrogens is 338 g/mol. The molecule has 0 aliphatic heterocycles. The zero-order valence-electron chi connectivity index (χ0n) is 12.3. The van der Waals surface area contributed by atoms with E-state index < -0.39 is 0 Å². The second kappa shape index (κ2) is 6.43. The van der Waals surface area contributed by atoms with E-state index in [0.29, 0.717) is 27.2 Å². The number of aromatic nitrogens is 4. The molecule has 0 bridgehead atoms. The topological polar surface area (TPSA) is 85.8 Å². The van der Waals surface area contributed by atoms with E-state index in [2.05, 4.69) is 20.4 Å². The van der Waals surface area contributed by atoms with Crippen molar-refractivity contribution in [1.29, 1.82) is 0 Å². The lowest BCUT2D eigenvalue weighted by Crippen LogP contribution is -2.12. The molecule has 0 fully saturated rings. The van der Waals surface area contributed by atoms with E-state index in [4.69, 9.17) is 16.1 Å². The summed E-state index contributed by atoms with van der Waals surface area (Å²) in [4.78, 5) is 20.6. The van der Waals surface area contributed by atoms with E-state index in [-0.39, 0.29) is 5.91 Å². The first-order chi connectivity index (χ1) is 11.0. The Bertz CT molecular complexity index is 860. The lowest BCUT2D eigenvalue weighted by molar-refractivity contribution is 0.102. The number of nitrogens with zero attached hydrogens (tertiary/aromatic N) is 4. The van der Waals surface area contributed by atoms with Gasteiger partial charge in [0.1, 0.15) is 10.8 Å². The number of aryl methyl sites for hydroxylation is 2. The summed E-state index contributed by atoms with van der Waals surface area (Å²) in [6.07, 6.45) is 4.98. The third-order valence-electron chi connectivity index (χ3n) is 2.90. The van der Waals surface area contributed by atoms with Gasteiger partial charge >= 0.3 is 0 Å². The van der Waals surface area contributed by atoms with Gasteiger partial charge in [-0.25, -0.2) is 9.97 Å². The lowest BCUT2D eigenvalue weighted by atomic mass is 10.2. The molecule has 3 rings (SSSR count). The van der Waals surface area contributed by atoms with Gasteiger partial charge < -0.3 is 14.4 Å². The third-order valence-corrected chi connectivity index (χ3v) is 4.40. The van der Waals surface area contributed by atoms with Crippen LogP contribution in [0.2, 0.25) is 5.02 Å². The van der Waals surface area contributed by atoms with Crippen LogP contribution < -0.4 is 5.32 Å². The molecule has 0 atom stereocenters. The normalized spacial score (nSPS) is 10.7. The SMILES string of the molecule is Cc1cc(NC(=O)c2cnc(Sc3nccn3C)c(Cl)c2)no1. The largest absolute Gasteiger partial charge is 0.360 e. The molecule has 0 aromatic carbocycles. The number of halogens is 1. The maximum Gasteiger partial charge on any atom is 0.258 e. The zero-order valence-corrected chi connectivity index (χ0v) is 13.9. The van der Waals surface area contributed by atoms with Crippen molar-refractivity contribution in [3.63, 3.8) is 0 Å². The Morgan fingerprint density at radius 1 is 1.39 bits per heavy atom. The predicted octanol–water partition coefficient (Wildman–Crippen LogP) is 3.17. The number of rotatable bonds is 4. The van der Waals surface area contributed by atoms with Crippen LogP contribution in [0.25, 0.3) is 0 Å². The molecule has 3 heterocycles. The number of hydrogen-bond acceptors (Lipinski definition) is 6. The van der Waals surface area contributed by atoms with Crippen molar-refractivity contribution < 1.29 is 9.32 Å². The van der Waals surface area contributed by atoms with E-state index >= 15 is 0 Å².